The van der Waals surface area contributed by atoms with E-state index in [2.05, 4.69) is 0 Å². The maximum absolute atomic E-state index is 12.2. The number of carbonyl (C=O) groups is 1. The highest BCUT2D eigenvalue weighted by atomic mass is 16.3. The van der Waals surface area contributed by atoms with Crippen LogP contribution in [0.1, 0.15) is 54.9 Å². The van der Waals surface area contributed by atoms with Crippen molar-refractivity contribution in [2.75, 3.05) is 0 Å². The highest BCUT2D eigenvalue weighted by Crippen LogP contribution is 2.38. The monoisotopic (exact) mass is 232 g/mol. The summed E-state index contributed by atoms with van der Waals surface area (Å²) in [5, 5.41) is 9.90. The molecule has 0 aliphatic heterocycles. The molecule has 1 atom stereocenters. The van der Waals surface area contributed by atoms with Gasteiger partial charge in [-0.1, -0.05) is 44.5 Å². The van der Waals surface area contributed by atoms with Crippen molar-refractivity contribution in [2.45, 2.75) is 45.1 Å². The SMILES string of the molecule is CC(C)C(O)C(=O)c1ccccc1C1CCC1. The molecule has 0 aromatic heterocycles. The molecular formula is C15H20O2. The third kappa shape index (κ3) is 2.42. The molecule has 0 saturated heterocycles. The van der Waals surface area contributed by atoms with Gasteiger partial charge in [-0.3, -0.25) is 4.79 Å². The number of carbonyl (C=O) groups excluding carboxylic acids is 1. The molecule has 1 unspecified atom stereocenters. The quantitative estimate of drug-likeness (QED) is 0.810. The second kappa shape index (κ2) is 5.01. The molecule has 2 rings (SSSR count). The number of rotatable bonds is 4. The second-order valence-corrected chi connectivity index (χ2v) is 5.27. The molecule has 0 amide bonds. The van der Waals surface area contributed by atoms with E-state index in [1.165, 1.54) is 19.3 Å². The van der Waals surface area contributed by atoms with Crippen LogP contribution in [0, 0.1) is 5.92 Å². The van der Waals surface area contributed by atoms with Crippen LogP contribution >= 0.6 is 0 Å². The zero-order chi connectivity index (χ0) is 12.4. The van der Waals surface area contributed by atoms with Gasteiger partial charge in [0.1, 0.15) is 6.10 Å². The molecule has 17 heavy (non-hydrogen) atoms. The number of aliphatic hydroxyl groups excluding tert-OH is 1. The first-order valence-corrected chi connectivity index (χ1v) is 6.42. The third-order valence-corrected chi connectivity index (χ3v) is 3.67. The van der Waals surface area contributed by atoms with Crippen molar-refractivity contribution in [3.8, 4) is 0 Å². The van der Waals surface area contributed by atoms with E-state index in [1.807, 2.05) is 38.1 Å². The van der Waals surface area contributed by atoms with Gasteiger partial charge in [0.25, 0.3) is 0 Å². The van der Waals surface area contributed by atoms with E-state index in [4.69, 9.17) is 0 Å². The van der Waals surface area contributed by atoms with Crippen LogP contribution in [-0.4, -0.2) is 17.0 Å². The Bertz CT molecular complexity index is 405. The molecule has 92 valence electrons. The Morgan fingerprint density at radius 1 is 1.29 bits per heavy atom. The van der Waals surface area contributed by atoms with Gasteiger partial charge in [0.15, 0.2) is 5.78 Å². The van der Waals surface area contributed by atoms with Crippen LogP contribution in [0.4, 0.5) is 0 Å². The average molecular weight is 232 g/mol. The Labute approximate surface area is 103 Å². The first-order valence-electron chi connectivity index (χ1n) is 6.42. The van der Waals surface area contributed by atoms with E-state index < -0.39 is 6.10 Å². The van der Waals surface area contributed by atoms with Crippen LogP contribution in [0.3, 0.4) is 0 Å². The Morgan fingerprint density at radius 3 is 2.47 bits per heavy atom. The maximum Gasteiger partial charge on any atom is 0.191 e. The van der Waals surface area contributed by atoms with Crippen molar-refractivity contribution in [1.29, 1.82) is 0 Å². The van der Waals surface area contributed by atoms with Crippen molar-refractivity contribution in [3.05, 3.63) is 35.4 Å². The van der Waals surface area contributed by atoms with Crippen LogP contribution < -0.4 is 0 Å². The van der Waals surface area contributed by atoms with Gasteiger partial charge in [0.05, 0.1) is 0 Å². The summed E-state index contributed by atoms with van der Waals surface area (Å²) < 4.78 is 0. The largest absolute Gasteiger partial charge is 0.385 e. The van der Waals surface area contributed by atoms with Crippen molar-refractivity contribution >= 4 is 5.78 Å². The van der Waals surface area contributed by atoms with Gasteiger partial charge in [0.2, 0.25) is 0 Å². The zero-order valence-electron chi connectivity index (χ0n) is 10.5. The Morgan fingerprint density at radius 2 is 1.94 bits per heavy atom. The molecule has 1 saturated carbocycles. The summed E-state index contributed by atoms with van der Waals surface area (Å²) in [7, 11) is 0. The Balaban J connectivity index is 2.28. The summed E-state index contributed by atoms with van der Waals surface area (Å²) in [6.45, 7) is 3.74. The summed E-state index contributed by atoms with van der Waals surface area (Å²) in [5.41, 5.74) is 1.85. The van der Waals surface area contributed by atoms with Gasteiger partial charge in [-0.15, -0.1) is 0 Å². The van der Waals surface area contributed by atoms with Gasteiger partial charge in [0, 0.05) is 5.56 Å². The van der Waals surface area contributed by atoms with E-state index in [0.717, 1.165) is 11.1 Å². The van der Waals surface area contributed by atoms with E-state index >= 15 is 0 Å². The molecule has 0 heterocycles. The fraction of sp³-hybridized carbons (Fsp3) is 0.533. The minimum absolute atomic E-state index is 0.0306. The highest BCUT2D eigenvalue weighted by molar-refractivity contribution is 6.00. The molecule has 2 nitrogen and oxygen atoms in total. The maximum atomic E-state index is 12.2. The average Bonchev–Trinajstić information content (AvgIpc) is 2.25. The first-order chi connectivity index (χ1) is 8.11. The number of hydrogen-bond acceptors (Lipinski definition) is 2. The molecule has 2 heteroatoms. The molecule has 1 N–H and O–H groups in total. The Kier molecular flexibility index (Phi) is 3.63. The number of hydrogen-bond donors (Lipinski definition) is 1. The summed E-state index contributed by atoms with van der Waals surface area (Å²) in [4.78, 5) is 12.2. The number of ketones is 1. The van der Waals surface area contributed by atoms with Gasteiger partial charge in [-0.05, 0) is 30.2 Å². The molecule has 0 radical (unpaired) electrons. The van der Waals surface area contributed by atoms with Crippen molar-refractivity contribution in [3.63, 3.8) is 0 Å². The lowest BCUT2D eigenvalue weighted by atomic mass is 9.77. The first kappa shape index (κ1) is 12.3. The van der Waals surface area contributed by atoms with E-state index in [9.17, 15) is 9.90 Å². The fourth-order valence-electron chi connectivity index (χ4n) is 2.26. The summed E-state index contributed by atoms with van der Waals surface area (Å²) >= 11 is 0. The Hall–Kier alpha value is -1.15. The van der Waals surface area contributed by atoms with E-state index in [1.54, 1.807) is 0 Å². The van der Waals surface area contributed by atoms with Crippen molar-refractivity contribution < 1.29 is 9.90 Å². The molecule has 1 aromatic carbocycles. The molecule has 1 aliphatic carbocycles. The van der Waals surface area contributed by atoms with E-state index in [-0.39, 0.29) is 11.7 Å². The van der Waals surface area contributed by atoms with Crippen LogP contribution in [0.15, 0.2) is 24.3 Å². The molecule has 0 spiro atoms. The molecule has 0 bridgehead atoms. The molecule has 1 aromatic rings. The fourth-order valence-corrected chi connectivity index (χ4v) is 2.26. The summed E-state index contributed by atoms with van der Waals surface area (Å²) in [6, 6.07) is 7.74. The topological polar surface area (TPSA) is 37.3 Å². The van der Waals surface area contributed by atoms with Gasteiger partial charge < -0.3 is 5.11 Å². The predicted octanol–water partition coefficient (Wildman–Crippen LogP) is 3.15. The minimum atomic E-state index is -0.878. The molecule has 1 fully saturated rings. The number of aliphatic hydroxyl groups is 1. The van der Waals surface area contributed by atoms with Crippen molar-refractivity contribution in [2.24, 2.45) is 5.92 Å². The normalized spacial score (nSPS) is 17.9. The van der Waals surface area contributed by atoms with Crippen LogP contribution in [0.5, 0.6) is 0 Å². The van der Waals surface area contributed by atoms with Gasteiger partial charge in [-0.25, -0.2) is 0 Å². The standard InChI is InChI=1S/C15H20O2/c1-10(2)14(16)15(17)13-9-4-3-8-12(13)11-6-5-7-11/h3-4,8-11,14,16H,5-7H2,1-2H3. The third-order valence-electron chi connectivity index (χ3n) is 3.67. The lowest BCUT2D eigenvalue weighted by Gasteiger charge is -2.28. The lowest BCUT2D eigenvalue weighted by Crippen LogP contribution is -2.28. The number of benzene rings is 1. The van der Waals surface area contributed by atoms with Gasteiger partial charge >= 0.3 is 0 Å². The zero-order valence-corrected chi connectivity index (χ0v) is 10.5. The van der Waals surface area contributed by atoms with Gasteiger partial charge in [-0.2, -0.15) is 0 Å². The van der Waals surface area contributed by atoms with Crippen molar-refractivity contribution in [1.82, 2.24) is 0 Å². The van der Waals surface area contributed by atoms with Crippen LogP contribution in [0.2, 0.25) is 0 Å². The van der Waals surface area contributed by atoms with Crippen LogP contribution in [0.25, 0.3) is 0 Å². The minimum Gasteiger partial charge on any atom is -0.385 e. The summed E-state index contributed by atoms with van der Waals surface area (Å²) in [5.74, 6) is 0.369. The molecular weight excluding hydrogens is 212 g/mol. The van der Waals surface area contributed by atoms with E-state index in [0.29, 0.717) is 5.92 Å². The van der Waals surface area contributed by atoms with Crippen LogP contribution in [-0.2, 0) is 0 Å². The molecule has 1 aliphatic rings. The number of Topliss-reactive ketones (excluding diaryl/α,β-unsaturated/α-hetero) is 1. The smallest absolute Gasteiger partial charge is 0.191 e. The highest BCUT2D eigenvalue weighted by Gasteiger charge is 2.27. The second-order valence-electron chi connectivity index (χ2n) is 5.27. The summed E-state index contributed by atoms with van der Waals surface area (Å²) in [6.07, 6.45) is 2.71. The lowest BCUT2D eigenvalue weighted by molar-refractivity contribution is 0.0645. The predicted molar refractivity (Wildman–Crippen MR) is 68.2 cm³/mol.